The lowest BCUT2D eigenvalue weighted by molar-refractivity contribution is -0.139. The Hall–Kier alpha value is -0.650. The first-order valence-electron chi connectivity index (χ1n) is 7.38. The Labute approximate surface area is 113 Å². The molecule has 1 N–H and O–H groups in total. The number of aliphatic carboxylic acids is 1. The van der Waals surface area contributed by atoms with Crippen molar-refractivity contribution >= 4 is 5.97 Å². The van der Waals surface area contributed by atoms with Gasteiger partial charge in [0.2, 0.25) is 0 Å². The molecule has 3 heterocycles. The highest BCUT2D eigenvalue weighted by atomic mass is 16.6. The van der Waals surface area contributed by atoms with Crippen molar-refractivity contribution < 1.29 is 19.4 Å². The Morgan fingerprint density at radius 1 is 1.37 bits per heavy atom. The van der Waals surface area contributed by atoms with E-state index in [1.807, 2.05) is 0 Å². The number of rotatable bonds is 3. The maximum absolute atomic E-state index is 11.0. The molecule has 0 amide bonds. The second-order valence-electron chi connectivity index (χ2n) is 6.11. The van der Waals surface area contributed by atoms with Crippen molar-refractivity contribution in [3.05, 3.63) is 0 Å². The van der Waals surface area contributed by atoms with Crippen LogP contribution in [0.3, 0.4) is 0 Å². The van der Waals surface area contributed by atoms with Gasteiger partial charge in [0.1, 0.15) is 0 Å². The van der Waals surface area contributed by atoms with Crippen molar-refractivity contribution in [3.63, 3.8) is 0 Å². The molecule has 3 atom stereocenters. The smallest absolute Gasteiger partial charge is 0.304 e. The van der Waals surface area contributed by atoms with E-state index in [2.05, 4.69) is 4.90 Å². The fourth-order valence-corrected chi connectivity index (χ4v) is 3.91. The highest BCUT2D eigenvalue weighted by Gasteiger charge is 2.44. The highest BCUT2D eigenvalue weighted by Crippen LogP contribution is 2.37. The van der Waals surface area contributed by atoms with E-state index in [0.29, 0.717) is 12.6 Å². The summed E-state index contributed by atoms with van der Waals surface area (Å²) < 4.78 is 11.5. The maximum atomic E-state index is 11.0. The van der Waals surface area contributed by atoms with Crippen molar-refractivity contribution in [1.29, 1.82) is 0 Å². The van der Waals surface area contributed by atoms with E-state index in [1.54, 1.807) is 0 Å². The van der Waals surface area contributed by atoms with Crippen LogP contribution in [0.25, 0.3) is 0 Å². The van der Waals surface area contributed by atoms with Gasteiger partial charge in [0.25, 0.3) is 0 Å². The monoisotopic (exact) mass is 269 g/mol. The first-order chi connectivity index (χ1) is 9.19. The van der Waals surface area contributed by atoms with Crippen LogP contribution in [-0.4, -0.2) is 60.0 Å². The van der Waals surface area contributed by atoms with Crippen LogP contribution in [0.4, 0.5) is 0 Å². The van der Waals surface area contributed by atoms with Crippen molar-refractivity contribution in [2.75, 3.05) is 26.4 Å². The van der Waals surface area contributed by atoms with E-state index in [9.17, 15) is 4.79 Å². The second kappa shape index (κ2) is 5.38. The molecular formula is C14H23NO4. The Bertz CT molecular complexity index is 340. The normalized spacial score (nSPS) is 40.0. The van der Waals surface area contributed by atoms with Gasteiger partial charge < -0.3 is 14.6 Å². The summed E-state index contributed by atoms with van der Waals surface area (Å²) in [5.74, 6) is -0.678. The zero-order valence-electron chi connectivity index (χ0n) is 11.3. The fourth-order valence-electron chi connectivity index (χ4n) is 3.91. The summed E-state index contributed by atoms with van der Waals surface area (Å²) in [6.07, 6.45) is 5.44. The zero-order valence-corrected chi connectivity index (χ0v) is 11.3. The Morgan fingerprint density at radius 2 is 2.26 bits per heavy atom. The molecule has 0 saturated carbocycles. The minimum atomic E-state index is -0.678. The van der Waals surface area contributed by atoms with Crippen LogP contribution < -0.4 is 0 Å². The van der Waals surface area contributed by atoms with Crippen LogP contribution >= 0.6 is 0 Å². The average molecular weight is 269 g/mol. The van der Waals surface area contributed by atoms with Gasteiger partial charge in [0.05, 0.1) is 18.6 Å². The van der Waals surface area contributed by atoms with E-state index in [4.69, 9.17) is 14.6 Å². The van der Waals surface area contributed by atoms with Crippen molar-refractivity contribution in [1.82, 2.24) is 4.90 Å². The minimum Gasteiger partial charge on any atom is -0.481 e. The zero-order chi connectivity index (χ0) is 13.3. The molecule has 3 rings (SSSR count). The van der Waals surface area contributed by atoms with Gasteiger partial charge in [0, 0.05) is 31.7 Å². The summed E-state index contributed by atoms with van der Waals surface area (Å²) in [7, 11) is 0. The second-order valence-corrected chi connectivity index (χ2v) is 6.11. The largest absolute Gasteiger partial charge is 0.481 e. The van der Waals surface area contributed by atoms with Crippen molar-refractivity contribution in [3.8, 4) is 0 Å². The third-order valence-electron chi connectivity index (χ3n) is 4.84. The summed E-state index contributed by atoms with van der Waals surface area (Å²) in [6, 6.07) is 0.697. The number of ether oxygens (including phenoxy) is 2. The molecular weight excluding hydrogens is 246 g/mol. The van der Waals surface area contributed by atoms with Crippen LogP contribution in [-0.2, 0) is 14.3 Å². The summed E-state index contributed by atoms with van der Waals surface area (Å²) in [5, 5.41) is 9.02. The molecule has 0 aromatic rings. The van der Waals surface area contributed by atoms with Gasteiger partial charge in [-0.3, -0.25) is 9.69 Å². The van der Waals surface area contributed by atoms with Gasteiger partial charge in [-0.2, -0.15) is 0 Å². The maximum Gasteiger partial charge on any atom is 0.304 e. The molecule has 0 bridgehead atoms. The Kier molecular flexibility index (Phi) is 3.78. The molecule has 3 aliphatic heterocycles. The van der Waals surface area contributed by atoms with Crippen LogP contribution in [0, 0.1) is 0 Å². The molecule has 0 radical (unpaired) electrons. The first kappa shape index (κ1) is 13.3. The third-order valence-corrected chi connectivity index (χ3v) is 4.84. The molecule has 0 aromatic carbocycles. The molecule has 108 valence electrons. The van der Waals surface area contributed by atoms with Crippen molar-refractivity contribution in [2.45, 2.75) is 56.2 Å². The molecule has 0 aromatic heterocycles. The van der Waals surface area contributed by atoms with E-state index in [0.717, 1.165) is 51.9 Å². The summed E-state index contributed by atoms with van der Waals surface area (Å²) >= 11 is 0. The summed E-state index contributed by atoms with van der Waals surface area (Å²) in [4.78, 5) is 13.4. The fraction of sp³-hybridized carbons (Fsp3) is 0.929. The lowest BCUT2D eigenvalue weighted by Gasteiger charge is -2.42. The summed E-state index contributed by atoms with van der Waals surface area (Å²) in [6.45, 7) is 3.33. The van der Waals surface area contributed by atoms with E-state index < -0.39 is 5.97 Å². The SMILES string of the molecule is O=C(O)CC1CCCN1C1CCOC2(CCOC2)C1. The number of hydrogen-bond donors (Lipinski definition) is 1. The standard InChI is InChI=1S/C14H23NO4/c16-13(17)8-11-2-1-5-15(11)12-3-6-19-14(9-12)4-7-18-10-14/h11-12H,1-10H2,(H,16,17). The van der Waals surface area contributed by atoms with Gasteiger partial charge in [-0.05, 0) is 32.2 Å². The lowest BCUT2D eigenvalue weighted by Crippen LogP contribution is -2.50. The number of nitrogens with zero attached hydrogens (tertiary/aromatic N) is 1. The van der Waals surface area contributed by atoms with E-state index in [-0.39, 0.29) is 18.1 Å². The minimum absolute atomic E-state index is 0.0840. The van der Waals surface area contributed by atoms with Crippen LogP contribution in [0.15, 0.2) is 0 Å². The van der Waals surface area contributed by atoms with Crippen LogP contribution in [0.5, 0.6) is 0 Å². The number of carboxylic acids is 1. The number of carboxylic acid groups (broad SMARTS) is 1. The number of likely N-dealkylation sites (tertiary alicyclic amines) is 1. The Morgan fingerprint density at radius 3 is 3.00 bits per heavy atom. The van der Waals surface area contributed by atoms with Crippen LogP contribution in [0.2, 0.25) is 0 Å². The van der Waals surface area contributed by atoms with Gasteiger partial charge in [0.15, 0.2) is 0 Å². The highest BCUT2D eigenvalue weighted by molar-refractivity contribution is 5.67. The van der Waals surface area contributed by atoms with Gasteiger partial charge in [-0.1, -0.05) is 0 Å². The Balaban J connectivity index is 1.65. The lowest BCUT2D eigenvalue weighted by atomic mass is 9.88. The molecule has 0 aliphatic carbocycles. The molecule has 3 unspecified atom stereocenters. The predicted octanol–water partition coefficient (Wildman–Crippen LogP) is 1.26. The van der Waals surface area contributed by atoms with Crippen molar-refractivity contribution in [2.24, 2.45) is 0 Å². The van der Waals surface area contributed by atoms with E-state index in [1.165, 1.54) is 0 Å². The van der Waals surface area contributed by atoms with Gasteiger partial charge in [-0.15, -0.1) is 0 Å². The van der Waals surface area contributed by atoms with Gasteiger partial charge >= 0.3 is 5.97 Å². The average Bonchev–Trinajstić information content (AvgIpc) is 2.99. The van der Waals surface area contributed by atoms with Gasteiger partial charge in [-0.25, -0.2) is 0 Å². The topological polar surface area (TPSA) is 59.0 Å². The van der Waals surface area contributed by atoms with Crippen LogP contribution in [0.1, 0.15) is 38.5 Å². The first-order valence-corrected chi connectivity index (χ1v) is 7.38. The number of hydrogen-bond acceptors (Lipinski definition) is 4. The molecule has 5 heteroatoms. The molecule has 19 heavy (non-hydrogen) atoms. The molecule has 3 saturated heterocycles. The number of carbonyl (C=O) groups is 1. The molecule has 5 nitrogen and oxygen atoms in total. The summed E-state index contributed by atoms with van der Waals surface area (Å²) in [5.41, 5.74) is -0.0840. The predicted molar refractivity (Wildman–Crippen MR) is 69.1 cm³/mol. The molecule has 1 spiro atoms. The third kappa shape index (κ3) is 2.78. The molecule has 3 fully saturated rings. The quantitative estimate of drug-likeness (QED) is 0.836. The van der Waals surface area contributed by atoms with E-state index >= 15 is 0 Å². The molecule has 3 aliphatic rings.